The number of nitrogens with zero attached hydrogens (tertiary/aromatic N) is 1. The van der Waals surface area contributed by atoms with E-state index in [2.05, 4.69) is 29.4 Å². The van der Waals surface area contributed by atoms with Gasteiger partial charge in [-0.2, -0.15) is 0 Å². The van der Waals surface area contributed by atoms with E-state index in [1.165, 1.54) is 0 Å². The first-order valence-electron chi connectivity index (χ1n) is 9.33. The number of benzene rings is 2. The van der Waals surface area contributed by atoms with E-state index < -0.39 is 0 Å². The Morgan fingerprint density at radius 3 is 2.39 bits per heavy atom. The van der Waals surface area contributed by atoms with E-state index >= 15 is 0 Å². The molecule has 0 aliphatic rings. The molecular formula is C22H31N3O3. The standard InChI is InChI=1S/C22H31N3O3/c1-16(17-10-8-7-9-11-17)23-21(26)24-18-12-13-19(27-6)20(14-18)28-15-22(2,3)25(4)5/h7-14,16H,15H2,1-6H3,(H2,23,24,26)/t16-/m0/s1. The molecular weight excluding hydrogens is 354 g/mol. The van der Waals surface area contributed by atoms with Gasteiger partial charge in [0.25, 0.3) is 0 Å². The van der Waals surface area contributed by atoms with Gasteiger partial charge in [0.15, 0.2) is 11.5 Å². The molecule has 2 amide bonds. The Balaban J connectivity index is 2.04. The molecule has 2 rings (SSSR count). The Morgan fingerprint density at radius 2 is 1.79 bits per heavy atom. The summed E-state index contributed by atoms with van der Waals surface area (Å²) < 4.78 is 11.4. The number of anilines is 1. The third kappa shape index (κ3) is 5.89. The Labute approximate surface area is 167 Å². The number of nitrogens with one attached hydrogen (secondary N) is 2. The number of hydrogen-bond donors (Lipinski definition) is 2. The molecule has 0 fully saturated rings. The lowest BCUT2D eigenvalue weighted by atomic mass is 10.1. The fourth-order valence-corrected chi connectivity index (χ4v) is 2.44. The average molecular weight is 386 g/mol. The normalized spacial score (nSPS) is 12.4. The van der Waals surface area contributed by atoms with E-state index in [-0.39, 0.29) is 17.6 Å². The van der Waals surface area contributed by atoms with Crippen molar-refractivity contribution in [3.63, 3.8) is 0 Å². The molecule has 0 aliphatic heterocycles. The number of methoxy groups -OCH3 is 1. The van der Waals surface area contributed by atoms with Crippen LogP contribution < -0.4 is 20.1 Å². The van der Waals surface area contributed by atoms with E-state index in [1.54, 1.807) is 25.3 Å². The molecule has 6 nitrogen and oxygen atoms in total. The van der Waals surface area contributed by atoms with Crippen molar-refractivity contribution in [2.24, 2.45) is 0 Å². The quantitative estimate of drug-likeness (QED) is 0.711. The van der Waals surface area contributed by atoms with Crippen LogP contribution in [0.5, 0.6) is 11.5 Å². The molecule has 0 heterocycles. The lowest BCUT2D eigenvalue weighted by molar-refractivity contribution is 0.112. The van der Waals surface area contributed by atoms with Gasteiger partial charge in [-0.15, -0.1) is 0 Å². The van der Waals surface area contributed by atoms with Crippen molar-refractivity contribution < 1.29 is 14.3 Å². The SMILES string of the molecule is COc1ccc(NC(=O)N[C@@H](C)c2ccccc2)cc1OCC(C)(C)N(C)C. The molecule has 2 aromatic rings. The van der Waals surface area contributed by atoms with Crippen LogP contribution in [-0.4, -0.2) is 44.3 Å². The summed E-state index contributed by atoms with van der Waals surface area (Å²) in [6.45, 7) is 6.62. The van der Waals surface area contributed by atoms with E-state index in [0.717, 1.165) is 5.56 Å². The van der Waals surface area contributed by atoms with Gasteiger partial charge in [0.05, 0.1) is 13.2 Å². The minimum atomic E-state index is -0.277. The maximum Gasteiger partial charge on any atom is 0.319 e. The average Bonchev–Trinajstić information content (AvgIpc) is 2.67. The zero-order valence-electron chi connectivity index (χ0n) is 17.6. The summed E-state index contributed by atoms with van der Waals surface area (Å²) in [6.07, 6.45) is 0. The van der Waals surface area contributed by atoms with Crippen LogP contribution >= 0.6 is 0 Å². The Morgan fingerprint density at radius 1 is 1.11 bits per heavy atom. The van der Waals surface area contributed by atoms with Crippen molar-refractivity contribution in [3.05, 3.63) is 54.1 Å². The van der Waals surface area contributed by atoms with Crippen LogP contribution in [0.25, 0.3) is 0 Å². The van der Waals surface area contributed by atoms with Crippen LogP contribution in [0.15, 0.2) is 48.5 Å². The lowest BCUT2D eigenvalue weighted by Crippen LogP contribution is -2.43. The van der Waals surface area contributed by atoms with Crippen LogP contribution in [0, 0.1) is 0 Å². The fourth-order valence-electron chi connectivity index (χ4n) is 2.44. The molecule has 2 aromatic carbocycles. The monoisotopic (exact) mass is 385 g/mol. The highest BCUT2D eigenvalue weighted by Gasteiger charge is 2.22. The Hall–Kier alpha value is -2.73. The summed E-state index contributed by atoms with van der Waals surface area (Å²) >= 11 is 0. The van der Waals surface area contributed by atoms with Gasteiger partial charge in [-0.3, -0.25) is 0 Å². The molecule has 0 spiro atoms. The molecule has 0 radical (unpaired) electrons. The summed E-state index contributed by atoms with van der Waals surface area (Å²) in [4.78, 5) is 14.5. The zero-order valence-corrected chi connectivity index (χ0v) is 17.6. The van der Waals surface area contributed by atoms with Gasteiger partial charge < -0.3 is 25.0 Å². The summed E-state index contributed by atoms with van der Waals surface area (Å²) in [5, 5.41) is 5.79. The summed E-state index contributed by atoms with van der Waals surface area (Å²) in [6, 6.07) is 14.8. The number of urea groups is 1. The maximum absolute atomic E-state index is 12.4. The molecule has 6 heteroatoms. The number of carbonyl (C=O) groups excluding carboxylic acids is 1. The molecule has 0 unspecified atom stereocenters. The molecule has 152 valence electrons. The minimum Gasteiger partial charge on any atom is -0.493 e. The van der Waals surface area contributed by atoms with Gasteiger partial charge >= 0.3 is 6.03 Å². The molecule has 0 aliphatic carbocycles. The topological polar surface area (TPSA) is 62.8 Å². The van der Waals surface area contributed by atoms with Crippen molar-refractivity contribution in [1.29, 1.82) is 0 Å². The van der Waals surface area contributed by atoms with Gasteiger partial charge in [-0.05, 0) is 52.6 Å². The van der Waals surface area contributed by atoms with Crippen LogP contribution in [-0.2, 0) is 0 Å². The van der Waals surface area contributed by atoms with E-state index in [9.17, 15) is 4.79 Å². The van der Waals surface area contributed by atoms with Crippen LogP contribution in [0.2, 0.25) is 0 Å². The van der Waals surface area contributed by atoms with Gasteiger partial charge in [0, 0.05) is 17.3 Å². The van der Waals surface area contributed by atoms with E-state index in [0.29, 0.717) is 23.8 Å². The largest absolute Gasteiger partial charge is 0.493 e. The second kappa shape index (κ2) is 9.46. The number of amides is 2. The fraction of sp³-hybridized carbons (Fsp3) is 0.409. The van der Waals surface area contributed by atoms with Crippen LogP contribution in [0.1, 0.15) is 32.4 Å². The molecule has 0 aromatic heterocycles. The number of likely N-dealkylation sites (N-methyl/N-ethyl adjacent to an activating group) is 1. The molecule has 1 atom stereocenters. The minimum absolute atomic E-state index is 0.101. The van der Waals surface area contributed by atoms with Crippen molar-refractivity contribution in [3.8, 4) is 11.5 Å². The van der Waals surface area contributed by atoms with E-state index in [4.69, 9.17) is 9.47 Å². The molecule has 0 saturated carbocycles. The molecule has 28 heavy (non-hydrogen) atoms. The van der Waals surface area contributed by atoms with Gasteiger partial charge in [-0.25, -0.2) is 4.79 Å². The summed E-state index contributed by atoms with van der Waals surface area (Å²) in [5.41, 5.74) is 1.54. The maximum atomic E-state index is 12.4. The molecule has 0 bridgehead atoms. The zero-order chi connectivity index (χ0) is 20.7. The number of hydrogen-bond acceptors (Lipinski definition) is 4. The highest BCUT2D eigenvalue weighted by atomic mass is 16.5. The Bertz CT molecular complexity index is 776. The van der Waals surface area contributed by atoms with Crippen LogP contribution in [0.3, 0.4) is 0 Å². The first-order valence-corrected chi connectivity index (χ1v) is 9.33. The van der Waals surface area contributed by atoms with Gasteiger partial charge in [-0.1, -0.05) is 30.3 Å². The van der Waals surface area contributed by atoms with Gasteiger partial charge in [0.2, 0.25) is 0 Å². The molecule has 0 saturated heterocycles. The van der Waals surface area contributed by atoms with Crippen molar-refractivity contribution in [2.75, 3.05) is 33.1 Å². The summed E-state index contributed by atoms with van der Waals surface area (Å²) in [7, 11) is 5.62. The predicted octanol–water partition coefficient (Wildman–Crippen LogP) is 4.30. The van der Waals surface area contributed by atoms with Crippen molar-refractivity contribution >= 4 is 11.7 Å². The summed E-state index contributed by atoms with van der Waals surface area (Å²) in [5.74, 6) is 1.21. The lowest BCUT2D eigenvalue weighted by Gasteiger charge is -2.32. The van der Waals surface area contributed by atoms with Crippen molar-refractivity contribution in [2.45, 2.75) is 32.4 Å². The number of rotatable bonds is 8. The van der Waals surface area contributed by atoms with Gasteiger partial charge in [0.1, 0.15) is 6.61 Å². The van der Waals surface area contributed by atoms with Crippen molar-refractivity contribution in [1.82, 2.24) is 10.2 Å². The first-order chi connectivity index (χ1) is 13.2. The third-order valence-corrected chi connectivity index (χ3v) is 4.86. The number of ether oxygens (including phenoxy) is 2. The number of carbonyl (C=O) groups is 1. The highest BCUT2D eigenvalue weighted by Crippen LogP contribution is 2.31. The predicted molar refractivity (Wildman–Crippen MR) is 113 cm³/mol. The Kier molecular flexibility index (Phi) is 7.29. The first kappa shape index (κ1) is 21.6. The van der Waals surface area contributed by atoms with E-state index in [1.807, 2.05) is 51.4 Å². The smallest absolute Gasteiger partial charge is 0.319 e. The van der Waals surface area contributed by atoms with Crippen LogP contribution in [0.4, 0.5) is 10.5 Å². The highest BCUT2D eigenvalue weighted by molar-refractivity contribution is 5.89. The third-order valence-electron chi connectivity index (χ3n) is 4.86. The molecule has 2 N–H and O–H groups in total. The second-order valence-corrected chi connectivity index (χ2v) is 7.59. The second-order valence-electron chi connectivity index (χ2n) is 7.59.